The van der Waals surface area contributed by atoms with Gasteiger partial charge in [0, 0.05) is 35.5 Å². The number of hydrogen-bond donors (Lipinski definition) is 2. The maximum absolute atomic E-state index is 12.1. The Hall–Kier alpha value is -2.48. The summed E-state index contributed by atoms with van der Waals surface area (Å²) in [6, 6.07) is 1.91. The molecule has 0 radical (unpaired) electrons. The lowest BCUT2D eigenvalue weighted by Crippen LogP contribution is -2.14. The van der Waals surface area contributed by atoms with Crippen molar-refractivity contribution >= 4 is 23.1 Å². The number of carbonyl (C=O) groups is 1. The fourth-order valence-corrected chi connectivity index (χ4v) is 2.83. The van der Waals surface area contributed by atoms with Crippen molar-refractivity contribution in [2.24, 2.45) is 0 Å². The smallest absolute Gasteiger partial charge is 0.230 e. The summed E-state index contributed by atoms with van der Waals surface area (Å²) in [5.41, 5.74) is 1.94. The second-order valence-corrected chi connectivity index (χ2v) is 6.19. The minimum absolute atomic E-state index is 0.104. The number of nitrogens with zero attached hydrogens (tertiary/aromatic N) is 4. The van der Waals surface area contributed by atoms with Crippen LogP contribution in [-0.2, 0) is 11.2 Å². The maximum Gasteiger partial charge on any atom is 0.230 e. The van der Waals surface area contributed by atoms with Crippen LogP contribution >= 0.6 is 11.3 Å². The highest BCUT2D eigenvalue weighted by atomic mass is 32.1. The van der Waals surface area contributed by atoms with E-state index in [0.29, 0.717) is 11.7 Å². The predicted molar refractivity (Wildman–Crippen MR) is 82.1 cm³/mol. The fourth-order valence-electron chi connectivity index (χ4n) is 2.26. The van der Waals surface area contributed by atoms with E-state index in [1.165, 1.54) is 24.2 Å². The number of H-pyrrole nitrogens is 1. The number of anilines is 1. The molecular weight excluding hydrogens is 300 g/mol. The lowest BCUT2D eigenvalue weighted by Gasteiger charge is -1.99. The maximum atomic E-state index is 12.1. The second-order valence-electron chi connectivity index (χ2n) is 5.32. The molecule has 2 N–H and O–H groups in total. The Morgan fingerprint density at radius 3 is 3.18 bits per heavy atom. The monoisotopic (exact) mass is 314 g/mol. The van der Waals surface area contributed by atoms with E-state index in [-0.39, 0.29) is 12.3 Å². The molecule has 0 bridgehead atoms. The molecule has 3 aromatic heterocycles. The number of rotatable bonds is 5. The number of nitrogens with one attached hydrogen (secondary N) is 2. The van der Waals surface area contributed by atoms with E-state index in [4.69, 9.17) is 0 Å². The summed E-state index contributed by atoms with van der Waals surface area (Å²) in [6.45, 7) is 0. The molecule has 7 nitrogen and oxygen atoms in total. The number of thiazole rings is 1. The Labute approximate surface area is 130 Å². The Morgan fingerprint density at radius 1 is 1.50 bits per heavy atom. The van der Waals surface area contributed by atoms with Crippen LogP contribution in [0, 0.1) is 0 Å². The van der Waals surface area contributed by atoms with Crippen LogP contribution in [-0.4, -0.2) is 30.9 Å². The lowest BCUT2D eigenvalue weighted by molar-refractivity contribution is -0.115. The van der Waals surface area contributed by atoms with Gasteiger partial charge in [0.25, 0.3) is 0 Å². The molecule has 1 amide bonds. The van der Waals surface area contributed by atoms with Crippen molar-refractivity contribution in [3.05, 3.63) is 41.3 Å². The quantitative estimate of drug-likeness (QED) is 0.755. The van der Waals surface area contributed by atoms with E-state index >= 15 is 0 Å². The average molecular weight is 314 g/mol. The summed E-state index contributed by atoms with van der Waals surface area (Å²) in [5.74, 6) is 1.07. The lowest BCUT2D eigenvalue weighted by atomic mass is 10.2. The van der Waals surface area contributed by atoms with E-state index in [1.54, 1.807) is 17.1 Å². The van der Waals surface area contributed by atoms with Gasteiger partial charge >= 0.3 is 0 Å². The molecule has 0 saturated heterocycles. The molecule has 0 aromatic carbocycles. The molecule has 8 heteroatoms. The molecule has 22 heavy (non-hydrogen) atoms. The van der Waals surface area contributed by atoms with Crippen molar-refractivity contribution in [1.82, 2.24) is 25.0 Å². The summed E-state index contributed by atoms with van der Waals surface area (Å²) in [6.07, 6.45) is 7.89. The Kier molecular flexibility index (Phi) is 3.23. The van der Waals surface area contributed by atoms with Crippen LogP contribution in [0.1, 0.15) is 30.0 Å². The van der Waals surface area contributed by atoms with Crippen LogP contribution in [0.4, 0.5) is 5.82 Å². The van der Waals surface area contributed by atoms with E-state index in [2.05, 4.69) is 25.6 Å². The van der Waals surface area contributed by atoms with Gasteiger partial charge < -0.3 is 5.32 Å². The van der Waals surface area contributed by atoms with Crippen molar-refractivity contribution in [3.63, 3.8) is 0 Å². The normalized spacial score (nSPS) is 14.2. The number of aromatic amines is 1. The zero-order valence-electron chi connectivity index (χ0n) is 11.7. The first-order valence-electron chi connectivity index (χ1n) is 7.06. The highest BCUT2D eigenvalue weighted by molar-refractivity contribution is 7.12. The van der Waals surface area contributed by atoms with Crippen molar-refractivity contribution in [3.8, 4) is 5.13 Å². The summed E-state index contributed by atoms with van der Waals surface area (Å²) >= 11 is 1.50. The molecular formula is C14H14N6OS. The Bertz CT molecular complexity index is 786. The Morgan fingerprint density at radius 2 is 2.41 bits per heavy atom. The van der Waals surface area contributed by atoms with Gasteiger partial charge in [0.05, 0.1) is 12.6 Å². The molecule has 4 rings (SSSR count). The van der Waals surface area contributed by atoms with Crippen LogP contribution in [0.5, 0.6) is 0 Å². The number of amides is 1. The molecule has 1 saturated carbocycles. The van der Waals surface area contributed by atoms with Crippen LogP contribution in [0.3, 0.4) is 0 Å². The zero-order valence-corrected chi connectivity index (χ0v) is 12.5. The van der Waals surface area contributed by atoms with Gasteiger partial charge in [-0.2, -0.15) is 10.2 Å². The van der Waals surface area contributed by atoms with Crippen molar-refractivity contribution in [2.45, 2.75) is 25.2 Å². The van der Waals surface area contributed by atoms with Crippen LogP contribution < -0.4 is 5.32 Å². The summed E-state index contributed by atoms with van der Waals surface area (Å²) in [5, 5.41) is 16.8. The van der Waals surface area contributed by atoms with Gasteiger partial charge in [-0.05, 0) is 18.4 Å². The fraction of sp³-hybridized carbons (Fsp3) is 0.286. The van der Waals surface area contributed by atoms with Crippen molar-refractivity contribution in [1.29, 1.82) is 0 Å². The first kappa shape index (κ1) is 13.2. The van der Waals surface area contributed by atoms with Gasteiger partial charge in [0.1, 0.15) is 0 Å². The van der Waals surface area contributed by atoms with Gasteiger partial charge in [0.2, 0.25) is 11.0 Å². The molecule has 0 spiro atoms. The molecule has 1 aliphatic rings. The van der Waals surface area contributed by atoms with E-state index in [9.17, 15) is 4.79 Å². The van der Waals surface area contributed by atoms with Crippen LogP contribution in [0.2, 0.25) is 0 Å². The average Bonchev–Trinajstić information content (AvgIpc) is 2.95. The third kappa shape index (κ3) is 2.77. The molecule has 112 valence electrons. The third-order valence-corrected chi connectivity index (χ3v) is 4.26. The molecule has 0 aliphatic heterocycles. The summed E-state index contributed by atoms with van der Waals surface area (Å²) < 4.78 is 1.67. The zero-order chi connectivity index (χ0) is 14.9. The first-order chi connectivity index (χ1) is 10.8. The molecule has 1 aliphatic carbocycles. The summed E-state index contributed by atoms with van der Waals surface area (Å²) in [4.78, 5) is 16.2. The highest BCUT2D eigenvalue weighted by Gasteiger charge is 2.25. The molecule has 3 heterocycles. The first-order valence-corrected chi connectivity index (χ1v) is 7.94. The number of carbonyl (C=O) groups excluding carboxylic acids is 1. The van der Waals surface area contributed by atoms with Crippen molar-refractivity contribution < 1.29 is 4.79 Å². The van der Waals surface area contributed by atoms with Crippen LogP contribution in [0.15, 0.2) is 30.0 Å². The third-order valence-electron chi connectivity index (χ3n) is 3.50. The van der Waals surface area contributed by atoms with E-state index in [0.717, 1.165) is 16.4 Å². The van der Waals surface area contributed by atoms with E-state index in [1.807, 2.05) is 17.6 Å². The minimum atomic E-state index is -0.104. The topological polar surface area (TPSA) is 88.5 Å². The van der Waals surface area contributed by atoms with Crippen LogP contribution in [0.25, 0.3) is 5.13 Å². The predicted octanol–water partition coefficient (Wildman–Crippen LogP) is 2.11. The van der Waals surface area contributed by atoms with Gasteiger partial charge in [-0.15, -0.1) is 11.3 Å². The molecule has 0 atom stereocenters. The van der Waals surface area contributed by atoms with Crippen molar-refractivity contribution in [2.75, 3.05) is 5.32 Å². The molecule has 3 aromatic rings. The number of hydrogen-bond acceptors (Lipinski definition) is 5. The van der Waals surface area contributed by atoms with Gasteiger partial charge in [-0.3, -0.25) is 9.89 Å². The second kappa shape index (κ2) is 5.38. The van der Waals surface area contributed by atoms with Gasteiger partial charge in [-0.25, -0.2) is 9.67 Å². The van der Waals surface area contributed by atoms with E-state index < -0.39 is 0 Å². The highest BCUT2D eigenvalue weighted by Crippen LogP contribution is 2.39. The molecule has 1 fully saturated rings. The standard InChI is InChI=1S/C14H14N6OS/c21-13(17-12-6-11(18-19-12)10-1-2-10)5-9-7-16-20(8-9)14-15-3-4-22-14/h3-4,6-8,10H,1-2,5H2,(H2,17,18,19,21). The minimum Gasteiger partial charge on any atom is -0.309 e. The summed E-state index contributed by atoms with van der Waals surface area (Å²) in [7, 11) is 0. The van der Waals surface area contributed by atoms with Gasteiger partial charge in [-0.1, -0.05) is 0 Å². The van der Waals surface area contributed by atoms with Gasteiger partial charge in [0.15, 0.2) is 5.82 Å². The SMILES string of the molecule is O=C(Cc1cnn(-c2nccs2)c1)Nc1cc(C2CC2)[nH]n1. The largest absolute Gasteiger partial charge is 0.309 e. The Balaban J connectivity index is 1.39. The molecule has 0 unspecified atom stereocenters. The number of aromatic nitrogens is 5.